The molecule has 0 saturated heterocycles. The van der Waals surface area contributed by atoms with E-state index in [0.717, 1.165) is 5.69 Å². The summed E-state index contributed by atoms with van der Waals surface area (Å²) in [7, 11) is 0. The fraction of sp³-hybridized carbons (Fsp3) is 0.462. The zero-order valence-corrected chi connectivity index (χ0v) is 19.2. The van der Waals surface area contributed by atoms with Gasteiger partial charge in [0, 0.05) is 10.1 Å². The SMILES string of the molecule is CC(C)(C)c1ccc(-c2sc3cc4c(cc3c2N)C(C)(C)CCC4(C)C)cc1. The lowest BCUT2D eigenvalue weighted by atomic mass is 9.63. The first kappa shape index (κ1) is 19.5. The highest BCUT2D eigenvalue weighted by Gasteiger charge is 2.37. The quantitative estimate of drug-likeness (QED) is 0.450. The van der Waals surface area contributed by atoms with Crippen LogP contribution in [0.5, 0.6) is 0 Å². The first-order chi connectivity index (χ1) is 12.9. The number of fused-ring (bicyclic) bond motifs is 2. The monoisotopic (exact) mass is 391 g/mol. The van der Waals surface area contributed by atoms with Gasteiger partial charge in [0.05, 0.1) is 10.6 Å². The summed E-state index contributed by atoms with van der Waals surface area (Å²) < 4.78 is 1.32. The van der Waals surface area contributed by atoms with Crippen molar-refractivity contribution in [1.82, 2.24) is 0 Å². The second kappa shape index (κ2) is 6.10. The lowest BCUT2D eigenvalue weighted by molar-refractivity contribution is 0.332. The van der Waals surface area contributed by atoms with Crippen LogP contribution in [0.25, 0.3) is 20.5 Å². The standard InChI is InChI=1S/C26H33NS/c1-24(2,3)17-10-8-16(9-11-17)23-22(27)18-14-19-20(15-21(18)28-23)26(6,7)13-12-25(19,4)5/h8-11,14-15H,12-13,27H2,1-7H3. The largest absolute Gasteiger partial charge is 0.397 e. The van der Waals surface area contributed by atoms with E-state index >= 15 is 0 Å². The molecule has 2 heteroatoms. The van der Waals surface area contributed by atoms with Crippen molar-refractivity contribution < 1.29 is 0 Å². The van der Waals surface area contributed by atoms with Crippen LogP contribution in [0.4, 0.5) is 5.69 Å². The fourth-order valence-electron chi connectivity index (χ4n) is 4.51. The Labute approximate surface area is 174 Å². The van der Waals surface area contributed by atoms with Crippen LogP contribution in [0, 0.1) is 0 Å². The van der Waals surface area contributed by atoms with Crippen LogP contribution in [-0.4, -0.2) is 0 Å². The predicted octanol–water partition coefficient (Wildman–Crippen LogP) is 7.80. The first-order valence-corrected chi connectivity index (χ1v) is 11.2. The maximum Gasteiger partial charge on any atom is 0.0585 e. The number of hydrogen-bond donors (Lipinski definition) is 1. The van der Waals surface area contributed by atoms with Crippen molar-refractivity contribution in [3.05, 3.63) is 53.1 Å². The topological polar surface area (TPSA) is 26.0 Å². The van der Waals surface area contributed by atoms with E-state index in [-0.39, 0.29) is 16.2 Å². The fourth-order valence-corrected chi connectivity index (χ4v) is 5.66. The Morgan fingerprint density at radius 2 is 1.39 bits per heavy atom. The number of benzene rings is 2. The molecule has 0 amide bonds. The van der Waals surface area contributed by atoms with E-state index in [9.17, 15) is 0 Å². The van der Waals surface area contributed by atoms with Crippen LogP contribution in [0.1, 0.15) is 78.0 Å². The zero-order valence-electron chi connectivity index (χ0n) is 18.4. The van der Waals surface area contributed by atoms with Gasteiger partial charge >= 0.3 is 0 Å². The third-order valence-corrected chi connectivity index (χ3v) is 7.93. The molecule has 4 rings (SSSR count). The molecule has 2 N–H and O–H groups in total. The predicted molar refractivity (Wildman–Crippen MR) is 126 cm³/mol. The summed E-state index contributed by atoms with van der Waals surface area (Å²) in [6.07, 6.45) is 2.46. The molecular weight excluding hydrogens is 358 g/mol. The third kappa shape index (κ3) is 3.06. The Morgan fingerprint density at radius 1 is 0.857 bits per heavy atom. The van der Waals surface area contributed by atoms with Crippen LogP contribution in [0.15, 0.2) is 36.4 Å². The number of rotatable bonds is 1. The summed E-state index contributed by atoms with van der Waals surface area (Å²) in [5.74, 6) is 0. The molecule has 2 aromatic carbocycles. The van der Waals surface area contributed by atoms with E-state index < -0.39 is 0 Å². The Hall–Kier alpha value is -1.80. The van der Waals surface area contributed by atoms with Gasteiger partial charge < -0.3 is 5.73 Å². The van der Waals surface area contributed by atoms with Crippen LogP contribution in [-0.2, 0) is 16.2 Å². The molecular formula is C26H33NS. The van der Waals surface area contributed by atoms with Gasteiger partial charge in [0.2, 0.25) is 0 Å². The molecule has 1 aromatic heterocycles. The van der Waals surface area contributed by atoms with Crippen molar-refractivity contribution in [1.29, 1.82) is 0 Å². The van der Waals surface area contributed by atoms with Crippen LogP contribution in [0.2, 0.25) is 0 Å². The maximum atomic E-state index is 6.69. The molecule has 3 aromatic rings. The van der Waals surface area contributed by atoms with Crippen LogP contribution in [0.3, 0.4) is 0 Å². The average Bonchev–Trinajstić information content (AvgIpc) is 2.94. The van der Waals surface area contributed by atoms with E-state index in [1.165, 1.54) is 50.1 Å². The molecule has 0 fully saturated rings. The van der Waals surface area contributed by atoms with E-state index in [2.05, 4.69) is 84.9 Å². The van der Waals surface area contributed by atoms with Crippen LogP contribution >= 0.6 is 11.3 Å². The lowest BCUT2D eigenvalue weighted by Crippen LogP contribution is -2.33. The minimum atomic E-state index is 0.167. The van der Waals surface area contributed by atoms with Gasteiger partial charge in [-0.25, -0.2) is 0 Å². The van der Waals surface area contributed by atoms with E-state index in [1.54, 1.807) is 0 Å². The summed E-state index contributed by atoms with van der Waals surface area (Å²) in [6, 6.07) is 13.8. The van der Waals surface area contributed by atoms with Gasteiger partial charge in [0.25, 0.3) is 0 Å². The molecule has 0 radical (unpaired) electrons. The number of nitrogen functional groups attached to an aromatic ring is 1. The second-order valence-electron chi connectivity index (χ2n) is 10.8. The van der Waals surface area contributed by atoms with Crippen molar-refractivity contribution in [3.63, 3.8) is 0 Å². The summed E-state index contributed by atoms with van der Waals surface area (Å²) in [5.41, 5.74) is 13.8. The molecule has 0 unspecified atom stereocenters. The van der Waals surface area contributed by atoms with Crippen molar-refractivity contribution in [3.8, 4) is 10.4 Å². The van der Waals surface area contributed by atoms with Gasteiger partial charge in [-0.1, -0.05) is 72.7 Å². The normalized spacial score (nSPS) is 18.2. The lowest BCUT2D eigenvalue weighted by Gasteiger charge is -2.41. The average molecular weight is 392 g/mol. The Bertz CT molecular complexity index is 1040. The van der Waals surface area contributed by atoms with Gasteiger partial charge in [0.15, 0.2) is 0 Å². The Kier molecular flexibility index (Phi) is 4.25. The molecule has 0 atom stereocenters. The molecule has 0 saturated carbocycles. The number of anilines is 1. The van der Waals surface area contributed by atoms with Gasteiger partial charge in [0.1, 0.15) is 0 Å². The Balaban J connectivity index is 1.88. The van der Waals surface area contributed by atoms with Gasteiger partial charge in [-0.2, -0.15) is 0 Å². The maximum absolute atomic E-state index is 6.69. The highest BCUT2D eigenvalue weighted by molar-refractivity contribution is 7.23. The summed E-state index contributed by atoms with van der Waals surface area (Å²) >= 11 is 1.84. The van der Waals surface area contributed by atoms with Crippen molar-refractivity contribution >= 4 is 27.1 Å². The van der Waals surface area contributed by atoms with E-state index in [0.29, 0.717) is 0 Å². The molecule has 1 aliphatic rings. The molecule has 0 aliphatic heterocycles. The third-order valence-electron chi connectivity index (χ3n) is 6.71. The van der Waals surface area contributed by atoms with Crippen molar-refractivity contribution in [2.75, 3.05) is 5.73 Å². The van der Waals surface area contributed by atoms with E-state index in [4.69, 9.17) is 5.73 Å². The van der Waals surface area contributed by atoms with Gasteiger partial charge in [-0.3, -0.25) is 0 Å². The molecule has 0 spiro atoms. The van der Waals surface area contributed by atoms with Crippen molar-refractivity contribution in [2.45, 2.75) is 77.6 Å². The minimum absolute atomic E-state index is 0.167. The van der Waals surface area contributed by atoms with E-state index in [1.807, 2.05) is 11.3 Å². The number of nitrogens with two attached hydrogens (primary N) is 1. The zero-order chi connectivity index (χ0) is 20.5. The number of thiophene rings is 1. The molecule has 148 valence electrons. The summed E-state index contributed by atoms with van der Waals surface area (Å²) in [5, 5.41) is 1.23. The van der Waals surface area contributed by atoms with Crippen LogP contribution < -0.4 is 5.73 Å². The second-order valence-corrected chi connectivity index (χ2v) is 11.9. The first-order valence-electron chi connectivity index (χ1n) is 10.4. The van der Waals surface area contributed by atoms with Gasteiger partial charge in [-0.05, 0) is 63.5 Å². The number of hydrogen-bond acceptors (Lipinski definition) is 2. The Morgan fingerprint density at radius 3 is 1.93 bits per heavy atom. The molecule has 0 bridgehead atoms. The van der Waals surface area contributed by atoms with Crippen molar-refractivity contribution in [2.24, 2.45) is 0 Å². The highest BCUT2D eigenvalue weighted by atomic mass is 32.1. The minimum Gasteiger partial charge on any atom is -0.397 e. The smallest absolute Gasteiger partial charge is 0.0585 e. The highest BCUT2D eigenvalue weighted by Crippen LogP contribution is 2.50. The molecule has 1 nitrogen and oxygen atoms in total. The summed E-state index contributed by atoms with van der Waals surface area (Å²) in [4.78, 5) is 1.20. The molecule has 28 heavy (non-hydrogen) atoms. The molecule has 1 heterocycles. The van der Waals surface area contributed by atoms with Gasteiger partial charge in [-0.15, -0.1) is 11.3 Å². The molecule has 1 aliphatic carbocycles. The summed E-state index contributed by atoms with van der Waals surface area (Å²) in [6.45, 7) is 16.3.